The molecule has 2 nitrogen and oxygen atoms in total. The molecular formula is C19H40N2. The lowest BCUT2D eigenvalue weighted by Gasteiger charge is -2.35. The molecule has 0 aromatic rings. The van der Waals surface area contributed by atoms with Crippen LogP contribution in [0, 0.1) is 5.92 Å². The number of nitrogens with one attached hydrogen (secondary N) is 1. The second-order valence-corrected chi connectivity index (χ2v) is 8.53. The van der Waals surface area contributed by atoms with Gasteiger partial charge in [0.2, 0.25) is 0 Å². The van der Waals surface area contributed by atoms with E-state index in [1.807, 2.05) is 0 Å². The SMILES string of the molecule is CC(C)CCN(C(C)CCCNC(C)(C)C)C1CCCC1. The first-order chi connectivity index (χ1) is 9.79. The molecule has 21 heavy (non-hydrogen) atoms. The lowest BCUT2D eigenvalue weighted by molar-refractivity contribution is 0.129. The molecule has 1 rings (SSSR count). The lowest BCUT2D eigenvalue weighted by Crippen LogP contribution is -2.42. The van der Waals surface area contributed by atoms with Gasteiger partial charge in [-0.15, -0.1) is 0 Å². The molecule has 0 aromatic heterocycles. The molecule has 1 fully saturated rings. The van der Waals surface area contributed by atoms with Gasteiger partial charge in [-0.05, 0) is 78.8 Å². The number of hydrogen-bond acceptors (Lipinski definition) is 2. The molecule has 0 radical (unpaired) electrons. The summed E-state index contributed by atoms with van der Waals surface area (Å²) in [7, 11) is 0. The first-order valence-corrected chi connectivity index (χ1v) is 9.30. The summed E-state index contributed by atoms with van der Waals surface area (Å²) >= 11 is 0. The van der Waals surface area contributed by atoms with Crippen molar-refractivity contribution >= 4 is 0 Å². The maximum absolute atomic E-state index is 3.62. The second kappa shape index (κ2) is 9.15. The van der Waals surface area contributed by atoms with Crippen molar-refractivity contribution in [2.45, 2.75) is 104 Å². The molecule has 0 aromatic carbocycles. The van der Waals surface area contributed by atoms with E-state index in [1.54, 1.807) is 0 Å². The molecule has 1 N–H and O–H groups in total. The quantitative estimate of drug-likeness (QED) is 0.613. The topological polar surface area (TPSA) is 15.3 Å². The molecule has 0 saturated heterocycles. The summed E-state index contributed by atoms with van der Waals surface area (Å²) in [5.41, 5.74) is 0.256. The van der Waals surface area contributed by atoms with Crippen LogP contribution >= 0.6 is 0 Å². The van der Waals surface area contributed by atoms with Gasteiger partial charge in [0.1, 0.15) is 0 Å². The van der Waals surface area contributed by atoms with Crippen LogP contribution in [0.4, 0.5) is 0 Å². The average Bonchev–Trinajstić information content (AvgIpc) is 2.87. The summed E-state index contributed by atoms with van der Waals surface area (Å²) in [6, 6.07) is 1.61. The molecule has 0 spiro atoms. The molecular weight excluding hydrogens is 256 g/mol. The Labute approximate surface area is 134 Å². The van der Waals surface area contributed by atoms with Gasteiger partial charge in [-0.3, -0.25) is 4.90 Å². The van der Waals surface area contributed by atoms with E-state index in [9.17, 15) is 0 Å². The summed E-state index contributed by atoms with van der Waals surface area (Å²) in [6.07, 6.45) is 9.73. The minimum Gasteiger partial charge on any atom is -0.312 e. The van der Waals surface area contributed by atoms with Crippen molar-refractivity contribution in [2.75, 3.05) is 13.1 Å². The van der Waals surface area contributed by atoms with Gasteiger partial charge in [0.05, 0.1) is 0 Å². The van der Waals surface area contributed by atoms with Crippen molar-refractivity contribution in [2.24, 2.45) is 5.92 Å². The Balaban J connectivity index is 2.37. The van der Waals surface area contributed by atoms with Crippen LogP contribution in [-0.4, -0.2) is 35.6 Å². The zero-order valence-corrected chi connectivity index (χ0v) is 15.5. The summed E-state index contributed by atoms with van der Waals surface area (Å²) in [6.45, 7) is 16.4. The van der Waals surface area contributed by atoms with Crippen LogP contribution in [0.3, 0.4) is 0 Å². The van der Waals surface area contributed by atoms with Gasteiger partial charge in [-0.2, -0.15) is 0 Å². The highest BCUT2D eigenvalue weighted by molar-refractivity contribution is 4.82. The van der Waals surface area contributed by atoms with Gasteiger partial charge in [-0.1, -0.05) is 26.7 Å². The van der Waals surface area contributed by atoms with Gasteiger partial charge < -0.3 is 5.32 Å². The smallest absolute Gasteiger partial charge is 0.00980 e. The van der Waals surface area contributed by atoms with E-state index in [0.717, 1.165) is 24.5 Å². The van der Waals surface area contributed by atoms with Crippen LogP contribution in [0.15, 0.2) is 0 Å². The predicted octanol–water partition coefficient (Wildman–Crippen LogP) is 4.83. The van der Waals surface area contributed by atoms with Crippen LogP contribution in [0.25, 0.3) is 0 Å². The zero-order chi connectivity index (χ0) is 15.9. The third-order valence-electron chi connectivity index (χ3n) is 4.78. The Morgan fingerprint density at radius 3 is 2.19 bits per heavy atom. The van der Waals surface area contributed by atoms with E-state index in [2.05, 4.69) is 51.8 Å². The Hall–Kier alpha value is -0.0800. The fourth-order valence-corrected chi connectivity index (χ4v) is 3.43. The largest absolute Gasteiger partial charge is 0.312 e. The van der Waals surface area contributed by atoms with E-state index < -0.39 is 0 Å². The Bertz CT molecular complexity index is 261. The third-order valence-corrected chi connectivity index (χ3v) is 4.78. The normalized spacial score (nSPS) is 18.9. The highest BCUT2D eigenvalue weighted by Crippen LogP contribution is 2.27. The van der Waals surface area contributed by atoms with E-state index >= 15 is 0 Å². The van der Waals surface area contributed by atoms with Crippen molar-refractivity contribution in [3.8, 4) is 0 Å². The van der Waals surface area contributed by atoms with Gasteiger partial charge in [-0.25, -0.2) is 0 Å². The molecule has 1 saturated carbocycles. The van der Waals surface area contributed by atoms with Crippen molar-refractivity contribution < 1.29 is 0 Å². The Morgan fingerprint density at radius 1 is 1.05 bits per heavy atom. The molecule has 0 aliphatic heterocycles. The molecule has 2 heteroatoms. The highest BCUT2D eigenvalue weighted by atomic mass is 15.2. The van der Waals surface area contributed by atoms with Crippen LogP contribution in [0.1, 0.15) is 86.5 Å². The first kappa shape index (κ1) is 19.0. The summed E-state index contributed by atoms with van der Waals surface area (Å²) in [5, 5.41) is 3.62. The van der Waals surface area contributed by atoms with Crippen molar-refractivity contribution in [1.29, 1.82) is 0 Å². The van der Waals surface area contributed by atoms with E-state index in [4.69, 9.17) is 0 Å². The third kappa shape index (κ3) is 8.21. The number of nitrogens with zero attached hydrogens (tertiary/aromatic N) is 1. The van der Waals surface area contributed by atoms with Gasteiger partial charge in [0.25, 0.3) is 0 Å². The Kier molecular flexibility index (Phi) is 8.26. The van der Waals surface area contributed by atoms with Crippen LogP contribution in [-0.2, 0) is 0 Å². The molecule has 0 heterocycles. The summed E-state index contributed by atoms with van der Waals surface area (Å²) in [5.74, 6) is 0.823. The molecule has 1 aliphatic carbocycles. The lowest BCUT2D eigenvalue weighted by atomic mass is 10.0. The Morgan fingerprint density at radius 2 is 1.67 bits per heavy atom. The van der Waals surface area contributed by atoms with Crippen LogP contribution < -0.4 is 5.32 Å². The van der Waals surface area contributed by atoms with Crippen LogP contribution in [0.5, 0.6) is 0 Å². The molecule has 126 valence electrons. The van der Waals surface area contributed by atoms with Gasteiger partial charge in [0, 0.05) is 17.6 Å². The van der Waals surface area contributed by atoms with E-state index in [1.165, 1.54) is 51.5 Å². The minimum atomic E-state index is 0.256. The van der Waals surface area contributed by atoms with Crippen molar-refractivity contribution in [3.63, 3.8) is 0 Å². The number of rotatable bonds is 9. The second-order valence-electron chi connectivity index (χ2n) is 8.53. The van der Waals surface area contributed by atoms with Crippen molar-refractivity contribution in [3.05, 3.63) is 0 Å². The molecule has 1 aliphatic rings. The molecule has 1 unspecified atom stereocenters. The standard InChI is InChI=1S/C19H40N2/c1-16(2)13-15-21(18-11-7-8-12-18)17(3)10-9-14-20-19(4,5)6/h16-18,20H,7-15H2,1-6H3. The predicted molar refractivity (Wildman–Crippen MR) is 94.9 cm³/mol. The summed E-state index contributed by atoms with van der Waals surface area (Å²) < 4.78 is 0. The first-order valence-electron chi connectivity index (χ1n) is 9.30. The minimum absolute atomic E-state index is 0.256. The summed E-state index contributed by atoms with van der Waals surface area (Å²) in [4.78, 5) is 2.84. The van der Waals surface area contributed by atoms with Crippen LogP contribution in [0.2, 0.25) is 0 Å². The average molecular weight is 297 g/mol. The van der Waals surface area contributed by atoms with E-state index in [0.29, 0.717) is 0 Å². The van der Waals surface area contributed by atoms with E-state index in [-0.39, 0.29) is 5.54 Å². The zero-order valence-electron chi connectivity index (χ0n) is 15.5. The molecule has 0 amide bonds. The molecule has 1 atom stereocenters. The maximum Gasteiger partial charge on any atom is 0.00980 e. The fourth-order valence-electron chi connectivity index (χ4n) is 3.43. The maximum atomic E-state index is 3.62. The molecule has 0 bridgehead atoms. The van der Waals surface area contributed by atoms with Gasteiger partial charge >= 0.3 is 0 Å². The fraction of sp³-hybridized carbons (Fsp3) is 1.00. The number of hydrogen-bond donors (Lipinski definition) is 1. The monoisotopic (exact) mass is 296 g/mol. The van der Waals surface area contributed by atoms with Gasteiger partial charge in [0.15, 0.2) is 0 Å². The highest BCUT2D eigenvalue weighted by Gasteiger charge is 2.26. The van der Waals surface area contributed by atoms with Crippen molar-refractivity contribution in [1.82, 2.24) is 10.2 Å².